The predicted octanol–water partition coefficient (Wildman–Crippen LogP) is 3.15. The summed E-state index contributed by atoms with van der Waals surface area (Å²) in [6, 6.07) is 0.727. The van der Waals surface area contributed by atoms with Crippen LogP contribution in [0.3, 0.4) is 0 Å². The minimum absolute atomic E-state index is 0.727. The van der Waals surface area contributed by atoms with E-state index in [0.717, 1.165) is 18.5 Å². The van der Waals surface area contributed by atoms with Crippen LogP contribution in [0.2, 0.25) is 0 Å². The van der Waals surface area contributed by atoms with Crippen molar-refractivity contribution in [3.05, 3.63) is 0 Å². The minimum Gasteiger partial charge on any atom is -0.313 e. The molecule has 0 aliphatic carbocycles. The van der Waals surface area contributed by atoms with Crippen LogP contribution in [0.4, 0.5) is 0 Å². The van der Waals surface area contributed by atoms with E-state index in [0.29, 0.717) is 0 Å². The molecule has 0 saturated heterocycles. The van der Waals surface area contributed by atoms with E-state index in [1.54, 1.807) is 0 Å². The molecule has 0 rings (SSSR count). The molecule has 0 aromatic carbocycles. The van der Waals surface area contributed by atoms with Crippen molar-refractivity contribution in [3.63, 3.8) is 0 Å². The van der Waals surface area contributed by atoms with Crippen molar-refractivity contribution in [1.29, 1.82) is 0 Å². The Bertz CT molecular complexity index is 106. The molecule has 0 aromatic rings. The Hall–Kier alpha value is 0.310. The first kappa shape index (κ1) is 13.3. The third-order valence-corrected chi connectivity index (χ3v) is 3.45. The SMILES string of the molecule is CCNC(CSCC)CC(C)CC. The second-order valence-corrected chi connectivity index (χ2v) is 4.98. The van der Waals surface area contributed by atoms with Crippen molar-refractivity contribution in [2.75, 3.05) is 18.1 Å². The molecule has 2 atom stereocenters. The van der Waals surface area contributed by atoms with Crippen LogP contribution in [-0.2, 0) is 0 Å². The molecule has 1 nitrogen and oxygen atoms in total. The van der Waals surface area contributed by atoms with E-state index in [1.807, 2.05) is 11.8 Å². The van der Waals surface area contributed by atoms with Crippen LogP contribution >= 0.6 is 11.8 Å². The van der Waals surface area contributed by atoms with Crippen molar-refractivity contribution < 1.29 is 0 Å². The molecule has 2 unspecified atom stereocenters. The quantitative estimate of drug-likeness (QED) is 0.650. The molecule has 0 radical (unpaired) electrons. The first-order valence-electron chi connectivity index (χ1n) is 5.55. The van der Waals surface area contributed by atoms with Crippen molar-refractivity contribution >= 4 is 11.8 Å². The molecule has 2 heteroatoms. The first-order chi connectivity index (χ1) is 6.24. The average Bonchev–Trinajstić information content (AvgIpc) is 2.14. The summed E-state index contributed by atoms with van der Waals surface area (Å²) in [5.41, 5.74) is 0. The fraction of sp³-hybridized carbons (Fsp3) is 1.00. The molecule has 0 aliphatic heterocycles. The topological polar surface area (TPSA) is 12.0 Å². The molecular formula is C11H25NS. The van der Waals surface area contributed by atoms with Crippen molar-refractivity contribution in [2.24, 2.45) is 5.92 Å². The van der Waals surface area contributed by atoms with E-state index in [9.17, 15) is 0 Å². The van der Waals surface area contributed by atoms with Gasteiger partial charge in [0.25, 0.3) is 0 Å². The smallest absolute Gasteiger partial charge is 0.0160 e. The summed E-state index contributed by atoms with van der Waals surface area (Å²) in [4.78, 5) is 0. The summed E-state index contributed by atoms with van der Waals surface area (Å²) >= 11 is 2.05. The Morgan fingerprint density at radius 2 is 1.92 bits per heavy atom. The Balaban J connectivity index is 3.65. The zero-order chi connectivity index (χ0) is 10.1. The Kier molecular flexibility index (Phi) is 9.10. The third-order valence-electron chi connectivity index (χ3n) is 2.40. The van der Waals surface area contributed by atoms with E-state index in [4.69, 9.17) is 0 Å². The van der Waals surface area contributed by atoms with Crippen molar-refractivity contribution in [3.8, 4) is 0 Å². The standard InChI is InChI=1S/C11H25NS/c1-5-10(4)8-11(12-6-2)9-13-7-3/h10-12H,5-9H2,1-4H3. The summed E-state index contributed by atoms with van der Waals surface area (Å²) in [6.45, 7) is 10.2. The van der Waals surface area contributed by atoms with Crippen LogP contribution in [0, 0.1) is 5.92 Å². The van der Waals surface area contributed by atoms with Gasteiger partial charge < -0.3 is 5.32 Å². The highest BCUT2D eigenvalue weighted by atomic mass is 32.2. The molecule has 0 heterocycles. The highest BCUT2D eigenvalue weighted by Crippen LogP contribution is 2.13. The molecule has 0 aromatic heterocycles. The maximum Gasteiger partial charge on any atom is 0.0160 e. The lowest BCUT2D eigenvalue weighted by atomic mass is 10.0. The molecule has 0 saturated carbocycles. The lowest BCUT2D eigenvalue weighted by Gasteiger charge is -2.20. The lowest BCUT2D eigenvalue weighted by Crippen LogP contribution is -2.32. The number of hydrogen-bond acceptors (Lipinski definition) is 2. The van der Waals surface area contributed by atoms with Gasteiger partial charge >= 0.3 is 0 Å². The largest absolute Gasteiger partial charge is 0.313 e. The van der Waals surface area contributed by atoms with Gasteiger partial charge in [0.1, 0.15) is 0 Å². The van der Waals surface area contributed by atoms with Gasteiger partial charge in [-0.05, 0) is 24.6 Å². The summed E-state index contributed by atoms with van der Waals surface area (Å²) in [5.74, 6) is 3.37. The maximum atomic E-state index is 3.56. The van der Waals surface area contributed by atoms with Gasteiger partial charge in [0.2, 0.25) is 0 Å². The van der Waals surface area contributed by atoms with Gasteiger partial charge in [-0.1, -0.05) is 34.1 Å². The van der Waals surface area contributed by atoms with Crippen LogP contribution in [0.1, 0.15) is 40.5 Å². The second kappa shape index (κ2) is 8.89. The highest BCUT2D eigenvalue weighted by Gasteiger charge is 2.10. The molecule has 0 spiro atoms. The molecule has 0 aliphatic rings. The highest BCUT2D eigenvalue weighted by molar-refractivity contribution is 7.99. The zero-order valence-electron chi connectivity index (χ0n) is 9.60. The van der Waals surface area contributed by atoms with E-state index >= 15 is 0 Å². The second-order valence-electron chi connectivity index (χ2n) is 3.66. The van der Waals surface area contributed by atoms with Gasteiger partial charge in [-0.25, -0.2) is 0 Å². The number of nitrogens with one attached hydrogen (secondary N) is 1. The molecular weight excluding hydrogens is 178 g/mol. The monoisotopic (exact) mass is 203 g/mol. The van der Waals surface area contributed by atoms with Gasteiger partial charge in [-0.2, -0.15) is 11.8 Å². The van der Waals surface area contributed by atoms with Crippen LogP contribution < -0.4 is 5.32 Å². The fourth-order valence-corrected chi connectivity index (χ4v) is 2.19. The minimum atomic E-state index is 0.727. The van der Waals surface area contributed by atoms with Crippen LogP contribution in [0.25, 0.3) is 0 Å². The Morgan fingerprint density at radius 1 is 1.23 bits per heavy atom. The number of thioether (sulfide) groups is 1. The van der Waals surface area contributed by atoms with Gasteiger partial charge in [0, 0.05) is 11.8 Å². The Morgan fingerprint density at radius 3 is 2.38 bits per heavy atom. The average molecular weight is 203 g/mol. The molecule has 1 N–H and O–H groups in total. The number of hydrogen-bond donors (Lipinski definition) is 1. The Labute approximate surface area is 88.1 Å². The molecule has 80 valence electrons. The van der Waals surface area contributed by atoms with Crippen molar-refractivity contribution in [2.45, 2.75) is 46.6 Å². The number of rotatable bonds is 8. The van der Waals surface area contributed by atoms with Gasteiger partial charge in [-0.3, -0.25) is 0 Å². The normalized spacial score (nSPS) is 15.7. The third kappa shape index (κ3) is 7.39. The summed E-state index contributed by atoms with van der Waals surface area (Å²) in [6.07, 6.45) is 2.63. The van der Waals surface area contributed by atoms with Gasteiger partial charge in [0.05, 0.1) is 0 Å². The predicted molar refractivity (Wildman–Crippen MR) is 64.5 cm³/mol. The molecule has 0 fully saturated rings. The van der Waals surface area contributed by atoms with Crippen LogP contribution in [0.5, 0.6) is 0 Å². The summed E-state index contributed by atoms with van der Waals surface area (Å²) in [5, 5.41) is 3.56. The van der Waals surface area contributed by atoms with Crippen molar-refractivity contribution in [1.82, 2.24) is 5.32 Å². The van der Waals surface area contributed by atoms with Gasteiger partial charge in [-0.15, -0.1) is 0 Å². The fourth-order valence-electron chi connectivity index (χ4n) is 1.41. The molecule has 0 amide bonds. The van der Waals surface area contributed by atoms with Crippen LogP contribution in [-0.4, -0.2) is 24.1 Å². The molecule has 13 heavy (non-hydrogen) atoms. The van der Waals surface area contributed by atoms with E-state index < -0.39 is 0 Å². The van der Waals surface area contributed by atoms with Gasteiger partial charge in [0.15, 0.2) is 0 Å². The lowest BCUT2D eigenvalue weighted by molar-refractivity contribution is 0.423. The maximum absolute atomic E-state index is 3.56. The van der Waals surface area contributed by atoms with E-state index in [-0.39, 0.29) is 0 Å². The van der Waals surface area contributed by atoms with E-state index in [2.05, 4.69) is 33.0 Å². The molecule has 0 bridgehead atoms. The van der Waals surface area contributed by atoms with E-state index in [1.165, 1.54) is 24.3 Å². The zero-order valence-corrected chi connectivity index (χ0v) is 10.4. The van der Waals surface area contributed by atoms with Crippen LogP contribution in [0.15, 0.2) is 0 Å². The summed E-state index contributed by atoms with van der Waals surface area (Å²) in [7, 11) is 0. The summed E-state index contributed by atoms with van der Waals surface area (Å²) < 4.78 is 0. The first-order valence-corrected chi connectivity index (χ1v) is 6.71.